The molecule has 0 fully saturated rings. The molecule has 0 aliphatic carbocycles. The lowest BCUT2D eigenvalue weighted by atomic mass is 10.0. The number of hydrogen-bond acceptors (Lipinski definition) is 5. The van der Waals surface area contributed by atoms with Gasteiger partial charge in [0.15, 0.2) is 0 Å². The van der Waals surface area contributed by atoms with Gasteiger partial charge in [-0.25, -0.2) is 4.68 Å². The van der Waals surface area contributed by atoms with Gasteiger partial charge in [-0.15, -0.1) is 0 Å². The second-order valence-corrected chi connectivity index (χ2v) is 5.54. The van der Waals surface area contributed by atoms with E-state index in [1.165, 1.54) is 26.3 Å². The lowest BCUT2D eigenvalue weighted by Gasteiger charge is -2.19. The van der Waals surface area contributed by atoms with Crippen LogP contribution in [0.4, 0.5) is 0 Å². The molecule has 0 saturated heterocycles. The molecule has 0 radical (unpaired) electrons. The average Bonchev–Trinajstić information content (AvgIpc) is 2.52. The molecule has 0 aliphatic heterocycles. The Balaban J connectivity index is 2.90. The molecule has 1 aromatic heterocycles. The Morgan fingerprint density at radius 1 is 1.35 bits per heavy atom. The summed E-state index contributed by atoms with van der Waals surface area (Å²) < 4.78 is 6.06. The third kappa shape index (κ3) is 5.82. The van der Waals surface area contributed by atoms with E-state index in [0.717, 1.165) is 4.68 Å². The summed E-state index contributed by atoms with van der Waals surface area (Å²) in [5, 5.41) is 9.20. The molecule has 1 atom stereocenters. The summed E-state index contributed by atoms with van der Waals surface area (Å²) in [5.74, 6) is -0.522. The molecule has 8 nitrogen and oxygen atoms in total. The van der Waals surface area contributed by atoms with Crippen LogP contribution in [-0.4, -0.2) is 48.4 Å². The average molecular weight is 324 g/mol. The van der Waals surface area contributed by atoms with Gasteiger partial charge in [0.2, 0.25) is 5.91 Å². The number of nitrogens with one attached hydrogen (secondary N) is 2. The number of rotatable bonds is 8. The van der Waals surface area contributed by atoms with Crippen molar-refractivity contribution < 1.29 is 14.3 Å². The maximum Gasteiger partial charge on any atom is 0.272 e. The number of carbonyl (C=O) groups is 2. The van der Waals surface area contributed by atoms with E-state index in [1.807, 2.05) is 13.8 Å². The summed E-state index contributed by atoms with van der Waals surface area (Å²) in [7, 11) is 3.03. The van der Waals surface area contributed by atoms with Crippen molar-refractivity contribution in [1.29, 1.82) is 0 Å². The molecular weight excluding hydrogens is 300 g/mol. The maximum atomic E-state index is 12.3. The molecule has 0 saturated carbocycles. The minimum Gasteiger partial charge on any atom is -0.383 e. The fraction of sp³-hybridized carbons (Fsp3) is 0.600. The van der Waals surface area contributed by atoms with Crippen molar-refractivity contribution in [3.05, 3.63) is 28.2 Å². The fourth-order valence-corrected chi connectivity index (χ4v) is 2.02. The van der Waals surface area contributed by atoms with Gasteiger partial charge in [0.1, 0.15) is 11.7 Å². The Morgan fingerprint density at radius 2 is 2.04 bits per heavy atom. The van der Waals surface area contributed by atoms with Crippen molar-refractivity contribution >= 4 is 11.8 Å². The number of aromatic nitrogens is 2. The van der Waals surface area contributed by atoms with E-state index in [2.05, 4.69) is 15.7 Å². The van der Waals surface area contributed by atoms with E-state index < -0.39 is 11.9 Å². The van der Waals surface area contributed by atoms with E-state index in [-0.39, 0.29) is 29.6 Å². The summed E-state index contributed by atoms with van der Waals surface area (Å²) >= 11 is 0. The van der Waals surface area contributed by atoms with Crippen LogP contribution in [0.3, 0.4) is 0 Å². The molecule has 1 aromatic rings. The normalized spacial score (nSPS) is 12.0. The van der Waals surface area contributed by atoms with Gasteiger partial charge in [-0.05, 0) is 18.4 Å². The van der Waals surface area contributed by atoms with Gasteiger partial charge in [0.05, 0.1) is 13.2 Å². The van der Waals surface area contributed by atoms with Crippen LogP contribution in [0.2, 0.25) is 0 Å². The third-order valence-corrected chi connectivity index (χ3v) is 3.18. The van der Waals surface area contributed by atoms with E-state index >= 15 is 0 Å². The van der Waals surface area contributed by atoms with Gasteiger partial charge in [-0.3, -0.25) is 14.4 Å². The maximum absolute atomic E-state index is 12.3. The van der Waals surface area contributed by atoms with E-state index in [1.54, 1.807) is 0 Å². The van der Waals surface area contributed by atoms with Gasteiger partial charge < -0.3 is 15.4 Å². The molecule has 8 heteroatoms. The zero-order valence-corrected chi connectivity index (χ0v) is 14.0. The van der Waals surface area contributed by atoms with Crippen LogP contribution in [0.25, 0.3) is 0 Å². The Kier molecular flexibility index (Phi) is 7.40. The summed E-state index contributed by atoms with van der Waals surface area (Å²) in [6.07, 6.45) is 0.509. The lowest BCUT2D eigenvalue weighted by molar-refractivity contribution is -0.122. The van der Waals surface area contributed by atoms with Crippen molar-refractivity contribution in [2.45, 2.75) is 32.9 Å². The highest BCUT2D eigenvalue weighted by molar-refractivity contribution is 5.95. The highest BCUT2D eigenvalue weighted by Gasteiger charge is 2.22. The monoisotopic (exact) mass is 324 g/mol. The summed E-state index contributed by atoms with van der Waals surface area (Å²) in [4.78, 5) is 35.8. The van der Waals surface area contributed by atoms with Gasteiger partial charge >= 0.3 is 0 Å². The number of nitrogens with zero attached hydrogens (tertiary/aromatic N) is 2. The molecule has 1 heterocycles. The molecular formula is C15H24N4O4. The first-order valence-corrected chi connectivity index (χ1v) is 7.48. The third-order valence-electron chi connectivity index (χ3n) is 3.18. The molecule has 2 amide bonds. The van der Waals surface area contributed by atoms with E-state index in [9.17, 15) is 14.4 Å². The molecule has 0 aliphatic rings. The largest absolute Gasteiger partial charge is 0.383 e. The molecule has 2 N–H and O–H groups in total. The first kappa shape index (κ1) is 18.8. The molecule has 128 valence electrons. The van der Waals surface area contributed by atoms with Crippen LogP contribution in [0.5, 0.6) is 0 Å². The lowest BCUT2D eigenvalue weighted by Crippen LogP contribution is -2.46. The molecule has 0 aromatic carbocycles. The zero-order valence-electron chi connectivity index (χ0n) is 14.0. The topological polar surface area (TPSA) is 102 Å². The van der Waals surface area contributed by atoms with Crippen LogP contribution >= 0.6 is 0 Å². The first-order valence-electron chi connectivity index (χ1n) is 7.48. The van der Waals surface area contributed by atoms with Crippen molar-refractivity contribution in [2.24, 2.45) is 5.92 Å². The Morgan fingerprint density at radius 3 is 2.61 bits per heavy atom. The van der Waals surface area contributed by atoms with E-state index in [4.69, 9.17) is 4.74 Å². The van der Waals surface area contributed by atoms with Crippen molar-refractivity contribution in [3.8, 4) is 0 Å². The number of likely N-dealkylation sites (N-methyl/N-ethyl adjacent to an activating group) is 1. The fourth-order valence-electron chi connectivity index (χ4n) is 2.02. The Labute approximate surface area is 135 Å². The van der Waals surface area contributed by atoms with Crippen molar-refractivity contribution in [2.75, 3.05) is 20.8 Å². The van der Waals surface area contributed by atoms with Gasteiger partial charge in [-0.1, -0.05) is 13.8 Å². The SMILES string of the molecule is CNC(=O)[C@H](CC(C)C)NC(=O)c1ccc(=O)n(CCOC)n1. The van der Waals surface area contributed by atoms with Crippen LogP contribution in [0.1, 0.15) is 30.8 Å². The van der Waals surface area contributed by atoms with Gasteiger partial charge in [0, 0.05) is 20.2 Å². The predicted octanol–water partition coefficient (Wildman–Crippen LogP) is -0.220. The molecule has 0 unspecified atom stereocenters. The standard InChI is InChI=1S/C15H24N4O4/c1-10(2)9-12(14(21)16-3)17-15(22)11-5-6-13(20)19(18-11)7-8-23-4/h5-6,10,12H,7-9H2,1-4H3,(H,16,21)(H,17,22)/t12-/m0/s1. The first-order chi connectivity index (χ1) is 10.9. The smallest absolute Gasteiger partial charge is 0.272 e. The summed E-state index contributed by atoms with van der Waals surface area (Å²) in [6, 6.07) is 1.97. The van der Waals surface area contributed by atoms with Crippen LogP contribution in [0.15, 0.2) is 16.9 Å². The quantitative estimate of drug-likeness (QED) is 0.688. The molecule has 0 bridgehead atoms. The van der Waals surface area contributed by atoms with Gasteiger partial charge in [0.25, 0.3) is 11.5 Å². The number of amides is 2. The second-order valence-electron chi connectivity index (χ2n) is 5.54. The summed E-state index contributed by atoms with van der Waals surface area (Å²) in [6.45, 7) is 4.49. The minimum atomic E-state index is -0.645. The number of hydrogen-bond donors (Lipinski definition) is 2. The highest BCUT2D eigenvalue weighted by atomic mass is 16.5. The molecule has 1 rings (SSSR count). The van der Waals surface area contributed by atoms with Crippen LogP contribution < -0.4 is 16.2 Å². The van der Waals surface area contributed by atoms with E-state index in [0.29, 0.717) is 13.0 Å². The van der Waals surface area contributed by atoms with Crippen molar-refractivity contribution in [1.82, 2.24) is 20.4 Å². The number of methoxy groups -OCH3 is 1. The zero-order chi connectivity index (χ0) is 17.4. The number of carbonyl (C=O) groups excluding carboxylic acids is 2. The highest BCUT2D eigenvalue weighted by Crippen LogP contribution is 2.06. The van der Waals surface area contributed by atoms with Crippen LogP contribution in [-0.2, 0) is 16.1 Å². The minimum absolute atomic E-state index is 0.0818. The Hall–Kier alpha value is -2.22. The Bertz CT molecular complexity index is 597. The predicted molar refractivity (Wildman–Crippen MR) is 85.1 cm³/mol. The summed E-state index contributed by atoms with van der Waals surface area (Å²) in [5.41, 5.74) is -0.234. The second kappa shape index (κ2) is 9.04. The van der Waals surface area contributed by atoms with Crippen LogP contribution in [0, 0.1) is 5.92 Å². The molecule has 0 spiro atoms. The molecule has 23 heavy (non-hydrogen) atoms. The van der Waals surface area contributed by atoms with Crippen molar-refractivity contribution in [3.63, 3.8) is 0 Å². The number of ether oxygens (including phenoxy) is 1. The van der Waals surface area contributed by atoms with Gasteiger partial charge in [-0.2, -0.15) is 5.10 Å².